The Balaban J connectivity index is 2.48. The van der Waals surface area contributed by atoms with E-state index in [9.17, 15) is 4.79 Å². The summed E-state index contributed by atoms with van der Waals surface area (Å²) in [6, 6.07) is 2.08. The Bertz CT molecular complexity index is 607. The molecule has 0 saturated heterocycles. The van der Waals surface area contributed by atoms with E-state index >= 15 is 0 Å². The van der Waals surface area contributed by atoms with Gasteiger partial charge < -0.3 is 24.4 Å². The first kappa shape index (κ1) is 21.3. The fraction of sp³-hybridized carbons (Fsp3) is 0.647. The number of carbonyl (C=O) groups is 1. The molecule has 1 aromatic heterocycles. The molecule has 0 bridgehead atoms. The second-order valence-electron chi connectivity index (χ2n) is 6.99. The Morgan fingerprint density at radius 1 is 1.36 bits per heavy atom. The molecule has 7 nitrogen and oxygen atoms in total. The van der Waals surface area contributed by atoms with E-state index in [4.69, 9.17) is 4.74 Å². The molecule has 25 heavy (non-hydrogen) atoms. The maximum absolute atomic E-state index is 11.9. The number of nitrogens with zero attached hydrogens (tertiary/aromatic N) is 4. The summed E-state index contributed by atoms with van der Waals surface area (Å²) in [5.74, 6) is 0.773. The van der Waals surface area contributed by atoms with Crippen LogP contribution in [-0.4, -0.2) is 66.3 Å². The number of likely N-dealkylation sites (N-methyl/N-ethyl adjacent to an activating group) is 1. The molecule has 0 unspecified atom stereocenters. The van der Waals surface area contributed by atoms with Gasteiger partial charge in [0, 0.05) is 57.6 Å². The molecule has 0 saturated carbocycles. The first-order valence-corrected chi connectivity index (χ1v) is 8.99. The molecule has 0 radical (unpaired) electrons. The van der Waals surface area contributed by atoms with Gasteiger partial charge in [-0.05, 0) is 42.8 Å². The monoisotopic (exact) mass is 415 g/mol. The van der Waals surface area contributed by atoms with Crippen LogP contribution < -0.4 is 5.32 Å². The highest BCUT2D eigenvalue weighted by molar-refractivity contribution is 9.10. The zero-order chi connectivity index (χ0) is 19.2. The highest BCUT2D eigenvalue weighted by atomic mass is 79.9. The number of halogens is 1. The molecule has 1 rings (SSSR count). The predicted molar refractivity (Wildman–Crippen MR) is 105 cm³/mol. The summed E-state index contributed by atoms with van der Waals surface area (Å²) >= 11 is 3.48. The minimum absolute atomic E-state index is 0.327. The number of carbonyl (C=O) groups excluding carboxylic acids is 1. The average molecular weight is 416 g/mol. The van der Waals surface area contributed by atoms with Crippen molar-refractivity contribution >= 4 is 28.0 Å². The second-order valence-corrected chi connectivity index (χ2v) is 7.91. The summed E-state index contributed by atoms with van der Waals surface area (Å²) in [7, 11) is 7.47. The van der Waals surface area contributed by atoms with Crippen LogP contribution in [0, 0.1) is 0 Å². The topological polar surface area (TPSA) is 62.1 Å². The molecule has 0 aliphatic carbocycles. The van der Waals surface area contributed by atoms with Crippen molar-refractivity contribution in [3.05, 3.63) is 22.4 Å². The Labute approximate surface area is 159 Å². The highest BCUT2D eigenvalue weighted by Gasteiger charge is 2.19. The van der Waals surface area contributed by atoms with Gasteiger partial charge in [0.05, 0.1) is 6.54 Å². The molecule has 1 amide bonds. The van der Waals surface area contributed by atoms with E-state index in [1.807, 2.05) is 46.0 Å². The first-order chi connectivity index (χ1) is 11.5. The van der Waals surface area contributed by atoms with Crippen LogP contribution in [0.2, 0.25) is 0 Å². The van der Waals surface area contributed by atoms with E-state index in [1.165, 1.54) is 5.69 Å². The van der Waals surface area contributed by atoms with Crippen molar-refractivity contribution in [2.75, 3.05) is 34.2 Å². The summed E-state index contributed by atoms with van der Waals surface area (Å²) in [5.41, 5.74) is 0.682. The molecule has 0 spiro atoms. The third-order valence-corrected chi connectivity index (χ3v) is 3.92. The van der Waals surface area contributed by atoms with Gasteiger partial charge in [-0.15, -0.1) is 0 Å². The maximum Gasteiger partial charge on any atom is 0.410 e. The normalized spacial score (nSPS) is 12.1. The number of aryl methyl sites for hydroxylation is 1. The molecular weight excluding hydrogens is 386 g/mol. The molecular formula is C17H30BrN5O2. The summed E-state index contributed by atoms with van der Waals surface area (Å²) in [4.78, 5) is 19.8. The number of ether oxygens (including phenoxy) is 1. The Kier molecular flexibility index (Phi) is 7.79. The van der Waals surface area contributed by atoms with Gasteiger partial charge in [-0.2, -0.15) is 0 Å². The van der Waals surface area contributed by atoms with E-state index in [0.717, 1.165) is 17.0 Å². The van der Waals surface area contributed by atoms with Crippen LogP contribution in [0.1, 0.15) is 26.5 Å². The molecule has 0 aromatic carbocycles. The lowest BCUT2D eigenvalue weighted by Crippen LogP contribution is -2.43. The number of aromatic nitrogens is 1. The number of guanidine groups is 1. The number of aliphatic imine (C=N–C) groups is 1. The van der Waals surface area contributed by atoms with Crippen LogP contribution in [0.15, 0.2) is 21.7 Å². The van der Waals surface area contributed by atoms with Gasteiger partial charge in [0.25, 0.3) is 0 Å². The quantitative estimate of drug-likeness (QED) is 0.592. The lowest BCUT2D eigenvalue weighted by atomic mass is 10.2. The van der Waals surface area contributed by atoms with Crippen molar-refractivity contribution in [2.45, 2.75) is 32.9 Å². The Morgan fingerprint density at radius 2 is 2.00 bits per heavy atom. The molecule has 0 aliphatic rings. The minimum atomic E-state index is -0.488. The van der Waals surface area contributed by atoms with Gasteiger partial charge in [-0.3, -0.25) is 4.99 Å². The third kappa shape index (κ3) is 7.37. The van der Waals surface area contributed by atoms with Crippen molar-refractivity contribution in [2.24, 2.45) is 12.0 Å². The SMILES string of the molecule is CN=C(NCCN(C)C(=O)OC(C)(C)C)N(C)Cc1cc(Br)cn1C. The molecule has 1 heterocycles. The molecule has 8 heteroatoms. The number of amides is 1. The standard InChI is InChI=1S/C17H30BrN5O2/c1-17(2,3)25-16(24)21(5)9-8-20-15(19-4)23(7)12-14-10-13(18)11-22(14)6/h10-11H,8-9,12H2,1-7H3,(H,19,20). The number of hydrogen-bond donors (Lipinski definition) is 1. The first-order valence-electron chi connectivity index (χ1n) is 8.20. The van der Waals surface area contributed by atoms with Crippen LogP contribution in [-0.2, 0) is 18.3 Å². The summed E-state index contributed by atoms with van der Waals surface area (Å²) in [6.07, 6.45) is 1.70. The Morgan fingerprint density at radius 3 is 2.48 bits per heavy atom. The zero-order valence-corrected chi connectivity index (χ0v) is 17.8. The molecule has 0 atom stereocenters. The molecule has 142 valence electrons. The number of nitrogens with one attached hydrogen (secondary N) is 1. The average Bonchev–Trinajstić information content (AvgIpc) is 2.79. The van der Waals surface area contributed by atoms with Gasteiger partial charge in [0.2, 0.25) is 0 Å². The summed E-state index contributed by atoms with van der Waals surface area (Å²) in [6.45, 7) is 7.41. The van der Waals surface area contributed by atoms with E-state index in [-0.39, 0.29) is 6.09 Å². The maximum atomic E-state index is 11.9. The Hall–Kier alpha value is -1.70. The largest absolute Gasteiger partial charge is 0.444 e. The molecule has 1 aromatic rings. The van der Waals surface area contributed by atoms with Crippen LogP contribution in [0.3, 0.4) is 0 Å². The highest BCUT2D eigenvalue weighted by Crippen LogP contribution is 2.15. The van der Waals surface area contributed by atoms with Crippen LogP contribution in [0.5, 0.6) is 0 Å². The zero-order valence-electron chi connectivity index (χ0n) is 16.3. The smallest absolute Gasteiger partial charge is 0.410 e. The lowest BCUT2D eigenvalue weighted by Gasteiger charge is -2.26. The lowest BCUT2D eigenvalue weighted by molar-refractivity contribution is 0.0302. The van der Waals surface area contributed by atoms with Crippen LogP contribution in [0.25, 0.3) is 0 Å². The number of rotatable bonds is 5. The third-order valence-electron chi connectivity index (χ3n) is 3.48. The van der Waals surface area contributed by atoms with E-state index in [1.54, 1.807) is 19.0 Å². The van der Waals surface area contributed by atoms with Crippen molar-refractivity contribution in [3.63, 3.8) is 0 Å². The second kappa shape index (κ2) is 9.12. The molecule has 0 aliphatic heterocycles. The fourth-order valence-corrected chi connectivity index (χ4v) is 2.76. The fourth-order valence-electron chi connectivity index (χ4n) is 2.19. The van der Waals surface area contributed by atoms with E-state index < -0.39 is 5.60 Å². The molecule has 1 N–H and O–H groups in total. The molecule has 0 fully saturated rings. The van der Waals surface area contributed by atoms with Crippen LogP contribution >= 0.6 is 15.9 Å². The summed E-state index contributed by atoms with van der Waals surface area (Å²) in [5, 5.41) is 3.27. The summed E-state index contributed by atoms with van der Waals surface area (Å²) < 4.78 is 8.47. The number of hydrogen-bond acceptors (Lipinski definition) is 3. The van der Waals surface area contributed by atoms with Crippen molar-refractivity contribution in [3.8, 4) is 0 Å². The van der Waals surface area contributed by atoms with Crippen molar-refractivity contribution in [1.29, 1.82) is 0 Å². The van der Waals surface area contributed by atoms with Gasteiger partial charge in [0.1, 0.15) is 5.60 Å². The van der Waals surface area contributed by atoms with Gasteiger partial charge in [-0.25, -0.2) is 4.79 Å². The predicted octanol–water partition coefficient (Wildman–Crippen LogP) is 2.66. The van der Waals surface area contributed by atoms with Gasteiger partial charge in [-0.1, -0.05) is 0 Å². The van der Waals surface area contributed by atoms with E-state index in [0.29, 0.717) is 13.1 Å². The van der Waals surface area contributed by atoms with E-state index in [2.05, 4.69) is 36.9 Å². The van der Waals surface area contributed by atoms with Crippen molar-refractivity contribution in [1.82, 2.24) is 19.7 Å². The van der Waals surface area contributed by atoms with Gasteiger partial charge in [0.15, 0.2) is 5.96 Å². The van der Waals surface area contributed by atoms with Gasteiger partial charge >= 0.3 is 6.09 Å². The van der Waals surface area contributed by atoms with Crippen LogP contribution in [0.4, 0.5) is 4.79 Å². The van der Waals surface area contributed by atoms with Crippen molar-refractivity contribution < 1.29 is 9.53 Å². The minimum Gasteiger partial charge on any atom is -0.444 e.